The number of hydrogen-bond acceptors (Lipinski definition) is 3. The molecule has 2 N–H and O–H groups in total. The van der Waals surface area contributed by atoms with Crippen molar-refractivity contribution < 1.29 is 4.52 Å². The van der Waals surface area contributed by atoms with Crippen LogP contribution in [0, 0.1) is 0 Å². The molecule has 0 atom stereocenters. The largest absolute Gasteiger partial charge is 0.360 e. The van der Waals surface area contributed by atoms with Gasteiger partial charge >= 0.3 is 0 Å². The first-order valence-electron chi connectivity index (χ1n) is 4.01. The first-order valence-corrected chi connectivity index (χ1v) is 4.01. The normalized spacial score (nSPS) is 10.4. The van der Waals surface area contributed by atoms with E-state index in [-0.39, 0.29) is 0 Å². The van der Waals surface area contributed by atoms with Crippen molar-refractivity contribution in [1.82, 2.24) is 5.16 Å². The van der Waals surface area contributed by atoms with E-state index in [9.17, 15) is 0 Å². The molecule has 3 heteroatoms. The van der Waals surface area contributed by atoms with Gasteiger partial charge in [-0.3, -0.25) is 0 Å². The number of hydrogen-bond donors (Lipinski definition) is 1. The van der Waals surface area contributed by atoms with Gasteiger partial charge in [0.05, 0.1) is 12.2 Å². The van der Waals surface area contributed by atoms with E-state index < -0.39 is 0 Å². The fraction of sp³-hybridized carbons (Fsp3) is 0.625. The van der Waals surface area contributed by atoms with Crippen molar-refractivity contribution in [3.05, 3.63) is 17.5 Å². The minimum absolute atomic E-state index is 0.444. The summed E-state index contributed by atoms with van der Waals surface area (Å²) in [6.07, 6.45) is 3.35. The molecule has 0 aliphatic carbocycles. The lowest BCUT2D eigenvalue weighted by Crippen LogP contribution is -1.92. The second-order valence-corrected chi connectivity index (χ2v) is 2.59. The van der Waals surface area contributed by atoms with Gasteiger partial charge in [0.15, 0.2) is 5.76 Å². The smallest absolute Gasteiger partial charge is 0.150 e. The van der Waals surface area contributed by atoms with Crippen molar-refractivity contribution in [1.29, 1.82) is 0 Å². The Hall–Kier alpha value is -0.830. The van der Waals surface area contributed by atoms with Crippen molar-refractivity contribution in [2.75, 3.05) is 0 Å². The molecule has 1 heterocycles. The van der Waals surface area contributed by atoms with Gasteiger partial charge in [-0.2, -0.15) is 0 Å². The lowest BCUT2D eigenvalue weighted by molar-refractivity contribution is 0.378. The molecule has 0 fully saturated rings. The Bertz CT molecular complexity index is 208. The van der Waals surface area contributed by atoms with Crippen LogP contribution in [-0.2, 0) is 13.0 Å². The minimum Gasteiger partial charge on any atom is -0.360 e. The highest BCUT2D eigenvalue weighted by molar-refractivity contribution is 5.04. The van der Waals surface area contributed by atoms with E-state index in [0.29, 0.717) is 6.54 Å². The van der Waals surface area contributed by atoms with Crippen LogP contribution >= 0.6 is 0 Å². The predicted octanol–water partition coefficient (Wildman–Crippen LogP) is 1.48. The van der Waals surface area contributed by atoms with Gasteiger partial charge in [0, 0.05) is 6.07 Å². The Balaban J connectivity index is 2.44. The average Bonchev–Trinajstić information content (AvgIpc) is 2.48. The summed E-state index contributed by atoms with van der Waals surface area (Å²) in [6, 6.07) is 1.93. The zero-order valence-electron chi connectivity index (χ0n) is 6.84. The van der Waals surface area contributed by atoms with E-state index in [1.54, 1.807) is 0 Å². The zero-order valence-corrected chi connectivity index (χ0v) is 6.84. The summed E-state index contributed by atoms with van der Waals surface area (Å²) in [5.41, 5.74) is 6.38. The molecule has 62 valence electrons. The number of nitrogens with two attached hydrogens (primary N) is 1. The van der Waals surface area contributed by atoms with Gasteiger partial charge in [-0.1, -0.05) is 18.5 Å². The van der Waals surface area contributed by atoms with Crippen molar-refractivity contribution in [2.24, 2.45) is 5.73 Å². The molecule has 0 radical (unpaired) electrons. The minimum atomic E-state index is 0.444. The maximum atomic E-state index is 5.36. The molecule has 0 spiro atoms. The van der Waals surface area contributed by atoms with Crippen LogP contribution in [-0.4, -0.2) is 5.16 Å². The summed E-state index contributed by atoms with van der Waals surface area (Å²) in [5.74, 6) is 0.774. The van der Waals surface area contributed by atoms with E-state index >= 15 is 0 Å². The third kappa shape index (κ3) is 2.35. The Morgan fingerprint density at radius 2 is 2.45 bits per heavy atom. The Labute approximate surface area is 66.6 Å². The fourth-order valence-corrected chi connectivity index (χ4v) is 0.928. The highest BCUT2D eigenvalue weighted by Gasteiger charge is 2.00. The summed E-state index contributed by atoms with van der Waals surface area (Å²) in [7, 11) is 0. The lowest BCUT2D eigenvalue weighted by atomic mass is 10.2. The van der Waals surface area contributed by atoms with Crippen LogP contribution in [0.2, 0.25) is 0 Å². The standard InChI is InChI=1S/C8H14N2O/c1-2-3-4-7-5-8(6-9)11-10-7/h5H,2-4,6,9H2,1H3. The van der Waals surface area contributed by atoms with E-state index in [0.717, 1.165) is 24.3 Å². The molecule has 3 nitrogen and oxygen atoms in total. The molecule has 11 heavy (non-hydrogen) atoms. The lowest BCUT2D eigenvalue weighted by Gasteiger charge is -1.88. The quantitative estimate of drug-likeness (QED) is 0.714. The van der Waals surface area contributed by atoms with Crippen molar-refractivity contribution in [2.45, 2.75) is 32.7 Å². The van der Waals surface area contributed by atoms with Gasteiger partial charge in [-0.15, -0.1) is 0 Å². The molecular formula is C8H14N2O. The van der Waals surface area contributed by atoms with Crippen LogP contribution in [0.4, 0.5) is 0 Å². The van der Waals surface area contributed by atoms with Crippen LogP contribution in [0.1, 0.15) is 31.2 Å². The molecule has 0 amide bonds. The van der Waals surface area contributed by atoms with Gasteiger partial charge in [-0.05, 0) is 12.8 Å². The Morgan fingerprint density at radius 1 is 1.64 bits per heavy atom. The maximum absolute atomic E-state index is 5.36. The highest BCUT2D eigenvalue weighted by atomic mass is 16.5. The predicted molar refractivity (Wildman–Crippen MR) is 43.0 cm³/mol. The Morgan fingerprint density at radius 3 is 3.00 bits per heavy atom. The summed E-state index contributed by atoms with van der Waals surface area (Å²) < 4.78 is 4.94. The second kappa shape index (κ2) is 4.13. The van der Waals surface area contributed by atoms with Gasteiger partial charge in [0.1, 0.15) is 0 Å². The van der Waals surface area contributed by atoms with Gasteiger partial charge in [-0.25, -0.2) is 0 Å². The molecule has 1 aromatic heterocycles. The van der Waals surface area contributed by atoms with E-state index in [2.05, 4.69) is 12.1 Å². The van der Waals surface area contributed by atoms with E-state index in [1.165, 1.54) is 6.42 Å². The van der Waals surface area contributed by atoms with Gasteiger partial charge in [0.25, 0.3) is 0 Å². The van der Waals surface area contributed by atoms with Crippen molar-refractivity contribution in [3.63, 3.8) is 0 Å². The summed E-state index contributed by atoms with van der Waals surface area (Å²) in [4.78, 5) is 0. The Kier molecular flexibility index (Phi) is 3.11. The molecule has 1 aromatic rings. The van der Waals surface area contributed by atoms with Crippen LogP contribution < -0.4 is 5.73 Å². The number of aryl methyl sites for hydroxylation is 1. The molecule has 0 aliphatic heterocycles. The fourth-order valence-electron chi connectivity index (χ4n) is 0.928. The third-order valence-corrected chi connectivity index (χ3v) is 1.60. The third-order valence-electron chi connectivity index (χ3n) is 1.60. The zero-order chi connectivity index (χ0) is 8.10. The van der Waals surface area contributed by atoms with Crippen LogP contribution in [0.5, 0.6) is 0 Å². The molecule has 0 unspecified atom stereocenters. The van der Waals surface area contributed by atoms with Crippen molar-refractivity contribution in [3.8, 4) is 0 Å². The number of nitrogens with zero attached hydrogens (tertiary/aromatic N) is 1. The molecule has 0 bridgehead atoms. The molecular weight excluding hydrogens is 140 g/mol. The van der Waals surface area contributed by atoms with Crippen LogP contribution in [0.15, 0.2) is 10.6 Å². The molecule has 1 rings (SSSR count). The summed E-state index contributed by atoms with van der Waals surface area (Å²) in [5, 5.41) is 3.87. The highest BCUT2D eigenvalue weighted by Crippen LogP contribution is 2.05. The number of aromatic nitrogens is 1. The van der Waals surface area contributed by atoms with Crippen molar-refractivity contribution >= 4 is 0 Å². The monoisotopic (exact) mass is 154 g/mol. The number of unbranched alkanes of at least 4 members (excludes halogenated alkanes) is 1. The number of rotatable bonds is 4. The topological polar surface area (TPSA) is 52.0 Å². The summed E-state index contributed by atoms with van der Waals surface area (Å²) in [6.45, 7) is 2.60. The SMILES string of the molecule is CCCCc1cc(CN)on1. The molecule has 0 saturated heterocycles. The molecule has 0 aliphatic rings. The van der Waals surface area contributed by atoms with Gasteiger partial charge < -0.3 is 10.3 Å². The second-order valence-electron chi connectivity index (χ2n) is 2.59. The molecule has 0 aromatic carbocycles. The van der Waals surface area contributed by atoms with Gasteiger partial charge in [0.2, 0.25) is 0 Å². The van der Waals surface area contributed by atoms with E-state index in [4.69, 9.17) is 10.3 Å². The van der Waals surface area contributed by atoms with Crippen LogP contribution in [0.25, 0.3) is 0 Å². The maximum Gasteiger partial charge on any atom is 0.150 e. The first kappa shape index (κ1) is 8.27. The van der Waals surface area contributed by atoms with E-state index in [1.807, 2.05) is 6.07 Å². The summed E-state index contributed by atoms with van der Waals surface area (Å²) >= 11 is 0. The molecule has 0 saturated carbocycles. The van der Waals surface area contributed by atoms with Crippen LogP contribution in [0.3, 0.4) is 0 Å². The first-order chi connectivity index (χ1) is 5.36. The average molecular weight is 154 g/mol.